The molecule has 352 valence electrons. The van der Waals surface area contributed by atoms with E-state index in [1.54, 1.807) is 0 Å². The van der Waals surface area contributed by atoms with E-state index in [4.69, 9.17) is 18.9 Å². The minimum Gasteiger partial charge on any atom is -0.457 e. The van der Waals surface area contributed by atoms with E-state index in [1.807, 2.05) is 0 Å². The SMILES string of the molecule is CCCCCCCCCCCCCCCCCCCCCCCCC(=O)OC(COCCCCCCCCCCCCCCCC)COC1OC(CO)C(O)C(O)C1O. The van der Waals surface area contributed by atoms with Gasteiger partial charge in [0.1, 0.15) is 30.5 Å². The molecule has 9 nitrogen and oxygen atoms in total. The molecule has 0 saturated carbocycles. The molecule has 0 bridgehead atoms. The first-order chi connectivity index (χ1) is 28.9. The van der Waals surface area contributed by atoms with Crippen LogP contribution in [-0.4, -0.2) is 89.6 Å². The van der Waals surface area contributed by atoms with E-state index in [2.05, 4.69) is 13.8 Å². The van der Waals surface area contributed by atoms with Crippen molar-refractivity contribution < 1.29 is 44.2 Å². The van der Waals surface area contributed by atoms with Gasteiger partial charge in [-0.3, -0.25) is 4.79 Å². The molecule has 0 aliphatic carbocycles. The van der Waals surface area contributed by atoms with E-state index in [-0.39, 0.29) is 19.2 Å². The Morgan fingerprint density at radius 3 is 1.20 bits per heavy atom. The number of ether oxygens (including phenoxy) is 4. The molecule has 1 aliphatic rings. The lowest BCUT2D eigenvalue weighted by Gasteiger charge is -2.39. The Hall–Kier alpha value is -0.810. The number of carbonyl (C=O) groups is 1. The number of unbranched alkanes of at least 4 members (excludes halogenated alkanes) is 34. The summed E-state index contributed by atoms with van der Waals surface area (Å²) in [6.07, 6.45) is 39.9. The standard InChI is InChI=1S/C50H98O9/c1-3-5-7-9-11-13-15-17-19-20-21-22-23-24-25-26-27-29-31-33-35-37-39-46(52)58-44(43-57-50-49(55)48(54)47(53)45(41-51)59-50)42-56-40-38-36-34-32-30-28-18-16-14-12-10-8-6-4-2/h44-45,47-51,53-55H,3-43H2,1-2H3. The largest absolute Gasteiger partial charge is 0.457 e. The fourth-order valence-electron chi connectivity index (χ4n) is 8.26. The summed E-state index contributed by atoms with van der Waals surface area (Å²) in [5.74, 6) is -0.305. The molecule has 4 N–H and O–H groups in total. The Kier molecular flexibility index (Phi) is 40.5. The zero-order valence-corrected chi connectivity index (χ0v) is 38.8. The van der Waals surface area contributed by atoms with E-state index in [1.165, 1.54) is 199 Å². The summed E-state index contributed by atoms with van der Waals surface area (Å²) in [7, 11) is 0. The zero-order valence-electron chi connectivity index (χ0n) is 38.8. The molecule has 9 heteroatoms. The van der Waals surface area contributed by atoms with Crippen LogP contribution in [0.4, 0.5) is 0 Å². The van der Waals surface area contributed by atoms with E-state index < -0.39 is 43.4 Å². The summed E-state index contributed by atoms with van der Waals surface area (Å²) >= 11 is 0. The number of hydrogen-bond donors (Lipinski definition) is 4. The molecule has 0 aromatic rings. The lowest BCUT2D eigenvalue weighted by Crippen LogP contribution is -2.59. The van der Waals surface area contributed by atoms with Gasteiger partial charge in [-0.15, -0.1) is 0 Å². The Balaban J connectivity index is 2.16. The fourth-order valence-corrected chi connectivity index (χ4v) is 8.26. The summed E-state index contributed by atoms with van der Waals surface area (Å²) in [6.45, 7) is 4.62. The van der Waals surface area contributed by atoms with Gasteiger partial charge in [0, 0.05) is 13.0 Å². The van der Waals surface area contributed by atoms with Crippen molar-refractivity contribution in [3.8, 4) is 0 Å². The summed E-state index contributed by atoms with van der Waals surface area (Å²) < 4.78 is 22.9. The molecule has 6 atom stereocenters. The van der Waals surface area contributed by atoms with Gasteiger partial charge in [0.05, 0.1) is 19.8 Å². The molecule has 0 radical (unpaired) electrons. The first kappa shape index (κ1) is 56.2. The Morgan fingerprint density at radius 1 is 0.475 bits per heavy atom. The van der Waals surface area contributed by atoms with E-state index >= 15 is 0 Å². The van der Waals surface area contributed by atoms with Crippen LogP contribution in [-0.2, 0) is 23.7 Å². The van der Waals surface area contributed by atoms with Crippen LogP contribution in [0.15, 0.2) is 0 Å². The van der Waals surface area contributed by atoms with Gasteiger partial charge in [0.25, 0.3) is 0 Å². The van der Waals surface area contributed by atoms with Crippen molar-refractivity contribution in [2.45, 2.75) is 288 Å². The highest BCUT2D eigenvalue weighted by Gasteiger charge is 2.44. The third-order valence-electron chi connectivity index (χ3n) is 12.3. The zero-order chi connectivity index (χ0) is 42.9. The third kappa shape index (κ3) is 33.4. The number of hydrogen-bond acceptors (Lipinski definition) is 9. The summed E-state index contributed by atoms with van der Waals surface area (Å²) in [4.78, 5) is 12.8. The molecular formula is C50H98O9. The second-order valence-electron chi connectivity index (χ2n) is 18.0. The quantitative estimate of drug-likeness (QED) is 0.0349. The van der Waals surface area contributed by atoms with Crippen LogP contribution in [0.1, 0.15) is 251 Å². The number of rotatable bonds is 45. The van der Waals surface area contributed by atoms with E-state index in [9.17, 15) is 25.2 Å². The van der Waals surface area contributed by atoms with Crippen molar-refractivity contribution in [1.82, 2.24) is 0 Å². The van der Waals surface area contributed by atoms with Crippen LogP contribution in [0, 0.1) is 0 Å². The average molecular weight is 843 g/mol. The van der Waals surface area contributed by atoms with Gasteiger partial charge in [-0.1, -0.05) is 232 Å². The highest BCUT2D eigenvalue weighted by molar-refractivity contribution is 5.69. The van der Waals surface area contributed by atoms with Crippen molar-refractivity contribution in [2.75, 3.05) is 26.4 Å². The van der Waals surface area contributed by atoms with Crippen LogP contribution < -0.4 is 0 Å². The van der Waals surface area contributed by atoms with Crippen molar-refractivity contribution in [3.05, 3.63) is 0 Å². The van der Waals surface area contributed by atoms with Gasteiger partial charge in [-0.05, 0) is 12.8 Å². The Bertz CT molecular complexity index is 873. The first-order valence-electron chi connectivity index (χ1n) is 25.6. The van der Waals surface area contributed by atoms with E-state index in [0.29, 0.717) is 13.0 Å². The molecule has 0 amide bonds. The maximum atomic E-state index is 12.8. The van der Waals surface area contributed by atoms with Gasteiger partial charge in [-0.25, -0.2) is 0 Å². The molecule has 0 spiro atoms. The number of aliphatic hydroxyl groups excluding tert-OH is 4. The normalized spacial score (nSPS) is 20.0. The smallest absolute Gasteiger partial charge is 0.306 e. The van der Waals surface area contributed by atoms with Crippen LogP contribution in [0.2, 0.25) is 0 Å². The topological polar surface area (TPSA) is 135 Å². The molecule has 1 heterocycles. The minimum absolute atomic E-state index is 0.105. The van der Waals surface area contributed by atoms with Gasteiger partial charge in [0.2, 0.25) is 0 Å². The molecular weight excluding hydrogens is 745 g/mol. The van der Waals surface area contributed by atoms with Crippen LogP contribution in [0.25, 0.3) is 0 Å². The highest BCUT2D eigenvalue weighted by Crippen LogP contribution is 2.23. The Morgan fingerprint density at radius 2 is 0.831 bits per heavy atom. The van der Waals surface area contributed by atoms with Crippen LogP contribution >= 0.6 is 0 Å². The molecule has 1 rings (SSSR count). The molecule has 1 saturated heterocycles. The number of esters is 1. The third-order valence-corrected chi connectivity index (χ3v) is 12.3. The molecule has 1 fully saturated rings. The summed E-state index contributed by atoms with van der Waals surface area (Å²) in [6, 6.07) is 0. The lowest BCUT2D eigenvalue weighted by atomic mass is 9.99. The predicted octanol–water partition coefficient (Wildman–Crippen LogP) is 12.2. The van der Waals surface area contributed by atoms with Crippen molar-refractivity contribution >= 4 is 5.97 Å². The minimum atomic E-state index is -1.53. The summed E-state index contributed by atoms with van der Waals surface area (Å²) in [5, 5.41) is 40.2. The summed E-state index contributed by atoms with van der Waals surface area (Å²) in [5.41, 5.74) is 0. The van der Waals surface area contributed by atoms with Crippen molar-refractivity contribution in [2.24, 2.45) is 0 Å². The fraction of sp³-hybridized carbons (Fsp3) is 0.980. The van der Waals surface area contributed by atoms with Crippen molar-refractivity contribution in [1.29, 1.82) is 0 Å². The molecule has 1 aliphatic heterocycles. The van der Waals surface area contributed by atoms with Crippen LogP contribution in [0.5, 0.6) is 0 Å². The predicted molar refractivity (Wildman–Crippen MR) is 243 cm³/mol. The first-order valence-corrected chi connectivity index (χ1v) is 25.6. The maximum absolute atomic E-state index is 12.8. The number of aliphatic hydroxyl groups is 4. The van der Waals surface area contributed by atoms with Gasteiger partial charge < -0.3 is 39.4 Å². The van der Waals surface area contributed by atoms with Gasteiger partial charge in [-0.2, -0.15) is 0 Å². The second kappa shape index (κ2) is 42.5. The number of carbonyl (C=O) groups excluding carboxylic acids is 1. The van der Waals surface area contributed by atoms with Gasteiger partial charge >= 0.3 is 5.97 Å². The lowest BCUT2D eigenvalue weighted by molar-refractivity contribution is -0.305. The maximum Gasteiger partial charge on any atom is 0.306 e. The van der Waals surface area contributed by atoms with Crippen molar-refractivity contribution in [3.63, 3.8) is 0 Å². The van der Waals surface area contributed by atoms with E-state index in [0.717, 1.165) is 32.1 Å². The second-order valence-corrected chi connectivity index (χ2v) is 18.0. The monoisotopic (exact) mass is 843 g/mol. The highest BCUT2D eigenvalue weighted by atomic mass is 16.7. The molecule has 6 unspecified atom stereocenters. The molecule has 59 heavy (non-hydrogen) atoms. The average Bonchev–Trinajstić information content (AvgIpc) is 3.24. The Labute approximate surface area is 363 Å². The van der Waals surface area contributed by atoms with Gasteiger partial charge in [0.15, 0.2) is 6.29 Å². The molecule has 0 aromatic carbocycles. The van der Waals surface area contributed by atoms with Crippen LogP contribution in [0.3, 0.4) is 0 Å². The molecule has 0 aromatic heterocycles.